The van der Waals surface area contributed by atoms with E-state index in [2.05, 4.69) is 5.32 Å². The maximum Gasteiger partial charge on any atom is 0.339 e. The first kappa shape index (κ1) is 16.1. The molecule has 0 saturated carbocycles. The number of methoxy groups -OCH3 is 1. The molecule has 0 unspecified atom stereocenters. The first-order valence-corrected chi connectivity index (χ1v) is 8.11. The lowest BCUT2D eigenvalue weighted by atomic mass is 10.1. The molecule has 0 atom stereocenters. The van der Waals surface area contributed by atoms with E-state index in [4.69, 9.17) is 4.74 Å². The van der Waals surface area contributed by atoms with Crippen molar-refractivity contribution in [1.29, 1.82) is 0 Å². The maximum atomic E-state index is 12.3. The van der Waals surface area contributed by atoms with Gasteiger partial charge in [0, 0.05) is 11.3 Å². The van der Waals surface area contributed by atoms with E-state index in [1.165, 1.54) is 12.7 Å². The van der Waals surface area contributed by atoms with Crippen LogP contribution in [-0.2, 0) is 10.5 Å². The summed E-state index contributed by atoms with van der Waals surface area (Å²) in [7, 11) is 1.31. The molecule has 1 amide bonds. The number of para-hydroxylation sites is 1. The van der Waals surface area contributed by atoms with Gasteiger partial charge in [-0.15, -0.1) is 0 Å². The van der Waals surface area contributed by atoms with Gasteiger partial charge in [-0.1, -0.05) is 24.3 Å². The van der Waals surface area contributed by atoms with Gasteiger partial charge < -0.3 is 10.1 Å². The highest BCUT2D eigenvalue weighted by molar-refractivity contribution is 7.97. The Kier molecular flexibility index (Phi) is 5.61. The Labute approximate surface area is 133 Å². The van der Waals surface area contributed by atoms with Crippen LogP contribution in [0.2, 0.25) is 0 Å². The number of nitrogens with one attached hydrogen (secondary N) is 1. The molecule has 0 bridgehead atoms. The van der Waals surface area contributed by atoms with E-state index in [9.17, 15) is 9.59 Å². The van der Waals surface area contributed by atoms with Crippen molar-refractivity contribution in [3.8, 4) is 0 Å². The Morgan fingerprint density at radius 3 is 2.41 bits per heavy atom. The highest BCUT2D eigenvalue weighted by Gasteiger charge is 2.14. The van der Waals surface area contributed by atoms with Gasteiger partial charge in [-0.25, -0.2) is 4.79 Å². The van der Waals surface area contributed by atoms with Crippen molar-refractivity contribution in [2.45, 2.75) is 5.75 Å². The fourth-order valence-corrected chi connectivity index (χ4v) is 2.52. The summed E-state index contributed by atoms with van der Waals surface area (Å²) in [6.45, 7) is 0. The summed E-state index contributed by atoms with van der Waals surface area (Å²) in [6.07, 6.45) is 2.03. The molecule has 114 valence electrons. The number of anilines is 1. The molecule has 0 aromatic heterocycles. The molecule has 2 aromatic carbocycles. The maximum absolute atomic E-state index is 12.3. The highest BCUT2D eigenvalue weighted by atomic mass is 32.2. The summed E-state index contributed by atoms with van der Waals surface area (Å²) < 4.78 is 4.71. The molecule has 5 heteroatoms. The van der Waals surface area contributed by atoms with Gasteiger partial charge in [-0.05, 0) is 36.1 Å². The first-order chi connectivity index (χ1) is 10.7. The first-order valence-electron chi connectivity index (χ1n) is 6.72. The second-order valence-corrected chi connectivity index (χ2v) is 5.49. The summed E-state index contributed by atoms with van der Waals surface area (Å²) in [4.78, 5) is 24.0. The third kappa shape index (κ3) is 3.89. The number of amides is 1. The van der Waals surface area contributed by atoms with Crippen molar-refractivity contribution in [1.82, 2.24) is 0 Å². The number of rotatable bonds is 5. The van der Waals surface area contributed by atoms with Gasteiger partial charge in [-0.2, -0.15) is 11.8 Å². The molecular formula is C17H17NO3S. The second-order valence-electron chi connectivity index (χ2n) is 4.62. The summed E-state index contributed by atoms with van der Waals surface area (Å²) in [5, 5.41) is 2.75. The number of benzene rings is 2. The van der Waals surface area contributed by atoms with Crippen molar-refractivity contribution in [2.24, 2.45) is 0 Å². The fourth-order valence-electron chi connectivity index (χ4n) is 1.99. The molecule has 0 heterocycles. The van der Waals surface area contributed by atoms with Crippen LogP contribution in [0.3, 0.4) is 0 Å². The average Bonchev–Trinajstić information content (AvgIpc) is 2.55. The van der Waals surface area contributed by atoms with Gasteiger partial charge in [0.05, 0.1) is 18.4 Å². The van der Waals surface area contributed by atoms with Gasteiger partial charge in [0.2, 0.25) is 0 Å². The van der Waals surface area contributed by atoms with Crippen LogP contribution >= 0.6 is 11.8 Å². The van der Waals surface area contributed by atoms with Crippen molar-refractivity contribution < 1.29 is 14.3 Å². The lowest BCUT2D eigenvalue weighted by molar-refractivity contribution is 0.0602. The summed E-state index contributed by atoms with van der Waals surface area (Å²) in [5.74, 6) is 0.172. The molecule has 4 nitrogen and oxygen atoms in total. The van der Waals surface area contributed by atoms with Crippen LogP contribution in [0.4, 0.5) is 5.69 Å². The van der Waals surface area contributed by atoms with Gasteiger partial charge >= 0.3 is 5.97 Å². The topological polar surface area (TPSA) is 55.4 Å². The van der Waals surface area contributed by atoms with Crippen LogP contribution in [0, 0.1) is 0 Å². The molecule has 0 saturated heterocycles. The average molecular weight is 315 g/mol. The van der Waals surface area contributed by atoms with Crippen molar-refractivity contribution in [3.63, 3.8) is 0 Å². The van der Waals surface area contributed by atoms with Gasteiger partial charge in [0.25, 0.3) is 5.91 Å². The van der Waals surface area contributed by atoms with E-state index < -0.39 is 5.97 Å². The van der Waals surface area contributed by atoms with E-state index in [1.54, 1.807) is 48.2 Å². The molecule has 0 fully saturated rings. The van der Waals surface area contributed by atoms with Crippen molar-refractivity contribution in [2.75, 3.05) is 18.7 Å². The number of ether oxygens (including phenoxy) is 1. The number of esters is 1. The van der Waals surface area contributed by atoms with E-state index in [-0.39, 0.29) is 5.91 Å². The predicted octanol–water partition coefficient (Wildman–Crippen LogP) is 3.59. The molecular weight excluding hydrogens is 298 g/mol. The number of thioether (sulfide) groups is 1. The largest absolute Gasteiger partial charge is 0.465 e. The third-order valence-electron chi connectivity index (χ3n) is 3.11. The smallest absolute Gasteiger partial charge is 0.339 e. The number of hydrogen-bond donors (Lipinski definition) is 1. The zero-order valence-electron chi connectivity index (χ0n) is 12.5. The zero-order chi connectivity index (χ0) is 15.9. The van der Waals surface area contributed by atoms with Crippen LogP contribution < -0.4 is 5.32 Å². The molecule has 0 aliphatic heterocycles. The van der Waals surface area contributed by atoms with E-state index >= 15 is 0 Å². The van der Waals surface area contributed by atoms with Crippen molar-refractivity contribution in [3.05, 3.63) is 65.2 Å². The lowest BCUT2D eigenvalue weighted by Gasteiger charge is -2.10. The lowest BCUT2D eigenvalue weighted by Crippen LogP contribution is -2.15. The van der Waals surface area contributed by atoms with Crippen LogP contribution in [0.25, 0.3) is 0 Å². The molecule has 2 rings (SSSR count). The van der Waals surface area contributed by atoms with Gasteiger partial charge in [-0.3, -0.25) is 4.79 Å². The van der Waals surface area contributed by atoms with E-state index in [0.29, 0.717) is 16.8 Å². The molecule has 0 aliphatic carbocycles. The minimum Gasteiger partial charge on any atom is -0.465 e. The number of carbonyl (C=O) groups is 2. The van der Waals surface area contributed by atoms with E-state index in [0.717, 1.165) is 5.75 Å². The highest BCUT2D eigenvalue weighted by Crippen LogP contribution is 2.18. The minimum absolute atomic E-state index is 0.257. The Bertz CT molecular complexity index is 668. The zero-order valence-corrected chi connectivity index (χ0v) is 13.3. The van der Waals surface area contributed by atoms with Crippen LogP contribution in [0.1, 0.15) is 26.3 Å². The SMILES string of the molecule is COC(=O)c1ccccc1NC(=O)c1ccc(CSC)cc1. The van der Waals surface area contributed by atoms with Gasteiger partial charge in [0.1, 0.15) is 0 Å². The normalized spacial score (nSPS) is 10.1. The molecule has 0 spiro atoms. The molecule has 0 aliphatic rings. The number of hydrogen-bond acceptors (Lipinski definition) is 4. The summed E-state index contributed by atoms with van der Waals surface area (Å²) in [5.41, 5.74) is 2.48. The molecule has 0 radical (unpaired) electrons. The summed E-state index contributed by atoms with van der Waals surface area (Å²) >= 11 is 1.73. The molecule has 1 N–H and O–H groups in total. The Morgan fingerprint density at radius 2 is 1.77 bits per heavy atom. The van der Waals surface area contributed by atoms with Gasteiger partial charge in [0.15, 0.2) is 0 Å². The fraction of sp³-hybridized carbons (Fsp3) is 0.176. The van der Waals surface area contributed by atoms with Crippen molar-refractivity contribution >= 4 is 29.3 Å². The number of carbonyl (C=O) groups excluding carboxylic acids is 2. The Balaban J connectivity index is 2.17. The summed E-state index contributed by atoms with van der Waals surface area (Å²) in [6, 6.07) is 14.2. The van der Waals surface area contributed by atoms with E-state index in [1.807, 2.05) is 18.4 Å². The quantitative estimate of drug-likeness (QED) is 0.857. The van der Waals surface area contributed by atoms with Crippen LogP contribution in [-0.4, -0.2) is 25.2 Å². The van der Waals surface area contributed by atoms with Crippen LogP contribution in [0.15, 0.2) is 48.5 Å². The minimum atomic E-state index is -0.480. The monoisotopic (exact) mass is 315 g/mol. The second kappa shape index (κ2) is 7.66. The molecule has 22 heavy (non-hydrogen) atoms. The Morgan fingerprint density at radius 1 is 1.09 bits per heavy atom. The van der Waals surface area contributed by atoms with Crippen LogP contribution in [0.5, 0.6) is 0 Å². The predicted molar refractivity (Wildman–Crippen MR) is 89.4 cm³/mol. The standard InChI is InChI=1S/C17H17NO3S/c1-21-17(20)14-5-3-4-6-15(14)18-16(19)13-9-7-12(8-10-13)11-22-2/h3-10H,11H2,1-2H3,(H,18,19). The third-order valence-corrected chi connectivity index (χ3v) is 3.73. The Hall–Kier alpha value is -2.27. The molecule has 2 aromatic rings.